The van der Waals surface area contributed by atoms with Crippen LogP contribution >= 0.6 is 27.7 Å². The molecule has 3 rings (SSSR count). The van der Waals surface area contributed by atoms with Crippen molar-refractivity contribution in [2.24, 2.45) is 5.92 Å². The molecule has 0 aliphatic carbocycles. The van der Waals surface area contributed by atoms with Crippen LogP contribution in [-0.4, -0.2) is 32.3 Å². The van der Waals surface area contributed by atoms with Crippen molar-refractivity contribution in [3.8, 4) is 0 Å². The maximum Gasteiger partial charge on any atom is 0.251 e. The molecule has 34 heavy (non-hydrogen) atoms. The molecule has 0 unspecified atom stereocenters. The van der Waals surface area contributed by atoms with Gasteiger partial charge < -0.3 is 15.2 Å². The molecule has 1 aromatic heterocycles. The molecular weight excluding hydrogens is 514 g/mol. The molecule has 0 bridgehead atoms. The minimum absolute atomic E-state index is 0.0713. The average molecular weight is 543 g/mol. The Balaban J connectivity index is 1.74. The van der Waals surface area contributed by atoms with Crippen molar-refractivity contribution in [2.45, 2.75) is 38.5 Å². The van der Waals surface area contributed by atoms with Crippen LogP contribution in [-0.2, 0) is 11.3 Å². The number of halogens is 1. The van der Waals surface area contributed by atoms with Gasteiger partial charge in [-0.15, -0.1) is 16.8 Å². The zero-order valence-electron chi connectivity index (χ0n) is 19.4. The number of hydrogen-bond acceptors (Lipinski definition) is 5. The van der Waals surface area contributed by atoms with E-state index in [0.29, 0.717) is 23.1 Å². The molecule has 178 valence electrons. The van der Waals surface area contributed by atoms with Gasteiger partial charge in [-0.1, -0.05) is 65.8 Å². The van der Waals surface area contributed by atoms with Crippen LogP contribution in [0.25, 0.3) is 0 Å². The minimum atomic E-state index is -0.353. The molecule has 0 aliphatic heterocycles. The molecule has 9 heteroatoms. The summed E-state index contributed by atoms with van der Waals surface area (Å²) in [6.07, 6.45) is 1.75. The van der Waals surface area contributed by atoms with Crippen LogP contribution in [0.4, 0.5) is 5.69 Å². The second-order valence-electron chi connectivity index (χ2n) is 8.10. The van der Waals surface area contributed by atoms with Crippen LogP contribution in [0.1, 0.15) is 41.6 Å². The van der Waals surface area contributed by atoms with Crippen molar-refractivity contribution in [1.82, 2.24) is 20.1 Å². The molecule has 2 aromatic carbocycles. The smallest absolute Gasteiger partial charge is 0.251 e. The normalized spacial score (nSPS) is 11.8. The van der Waals surface area contributed by atoms with Gasteiger partial charge in [0.1, 0.15) is 0 Å². The van der Waals surface area contributed by atoms with Crippen molar-refractivity contribution in [3.63, 3.8) is 0 Å². The highest BCUT2D eigenvalue weighted by Gasteiger charge is 2.26. The van der Waals surface area contributed by atoms with Crippen LogP contribution in [0.2, 0.25) is 0 Å². The molecule has 2 N–H and O–H groups in total. The number of hydrogen-bond donors (Lipinski definition) is 2. The number of aryl methyl sites for hydroxylation is 1. The van der Waals surface area contributed by atoms with Crippen LogP contribution in [0.15, 0.2) is 70.8 Å². The number of nitrogens with zero attached hydrogens (tertiary/aromatic N) is 3. The lowest BCUT2D eigenvalue weighted by Gasteiger charge is -2.22. The first-order chi connectivity index (χ1) is 16.3. The summed E-state index contributed by atoms with van der Waals surface area (Å²) in [7, 11) is 0. The van der Waals surface area contributed by atoms with E-state index in [0.717, 1.165) is 15.7 Å². The molecule has 0 saturated heterocycles. The van der Waals surface area contributed by atoms with Crippen molar-refractivity contribution in [2.75, 3.05) is 11.1 Å². The summed E-state index contributed by atoms with van der Waals surface area (Å²) in [6, 6.07) is 14.4. The quantitative estimate of drug-likeness (QED) is 0.265. The molecular formula is C25H28BrN5O2S. The second-order valence-corrected chi connectivity index (χ2v) is 9.96. The minimum Gasteiger partial charge on any atom is -0.342 e. The highest BCUT2D eigenvalue weighted by molar-refractivity contribution is 9.10. The first-order valence-corrected chi connectivity index (χ1v) is 12.7. The number of aromatic nitrogens is 3. The van der Waals surface area contributed by atoms with Gasteiger partial charge in [-0.25, -0.2) is 0 Å². The van der Waals surface area contributed by atoms with Gasteiger partial charge >= 0.3 is 0 Å². The molecule has 0 saturated carbocycles. The molecule has 1 heterocycles. The predicted molar refractivity (Wildman–Crippen MR) is 140 cm³/mol. The average Bonchev–Trinajstić information content (AvgIpc) is 3.20. The fourth-order valence-corrected chi connectivity index (χ4v) is 4.60. The number of nitrogens with one attached hydrogen (secondary N) is 2. The first-order valence-electron chi connectivity index (χ1n) is 10.9. The van der Waals surface area contributed by atoms with Crippen LogP contribution < -0.4 is 10.6 Å². The Bertz CT molecular complexity index is 1160. The van der Waals surface area contributed by atoms with E-state index in [1.165, 1.54) is 11.8 Å². The second kappa shape index (κ2) is 12.0. The van der Waals surface area contributed by atoms with Crippen LogP contribution in [0.5, 0.6) is 0 Å². The number of anilines is 1. The van der Waals surface area contributed by atoms with E-state index in [1.807, 2.05) is 61.7 Å². The summed E-state index contributed by atoms with van der Waals surface area (Å²) in [5.74, 6) is 0.564. The number of benzene rings is 2. The van der Waals surface area contributed by atoms with E-state index in [4.69, 9.17) is 0 Å². The molecule has 2 amide bonds. The number of carbonyl (C=O) groups is 2. The van der Waals surface area contributed by atoms with Crippen molar-refractivity contribution < 1.29 is 9.59 Å². The lowest BCUT2D eigenvalue weighted by Crippen LogP contribution is -2.33. The number of thioether (sulfide) groups is 1. The number of amides is 2. The van der Waals surface area contributed by atoms with Gasteiger partial charge in [-0.05, 0) is 48.7 Å². The highest BCUT2D eigenvalue weighted by atomic mass is 79.9. The predicted octanol–water partition coefficient (Wildman–Crippen LogP) is 5.39. The maximum absolute atomic E-state index is 12.8. The van der Waals surface area contributed by atoms with E-state index >= 15 is 0 Å². The highest BCUT2D eigenvalue weighted by Crippen LogP contribution is 2.26. The topological polar surface area (TPSA) is 88.9 Å². The largest absolute Gasteiger partial charge is 0.342 e. The Labute approximate surface area is 212 Å². The molecule has 0 radical (unpaired) electrons. The number of rotatable bonds is 10. The number of allylic oxidation sites excluding steroid dienone is 1. The van der Waals surface area contributed by atoms with E-state index in [2.05, 4.69) is 43.3 Å². The lowest BCUT2D eigenvalue weighted by molar-refractivity contribution is -0.113. The molecule has 3 aromatic rings. The Hall–Kier alpha value is -2.91. The first kappa shape index (κ1) is 25.7. The third-order valence-corrected chi connectivity index (χ3v) is 6.58. The monoisotopic (exact) mass is 541 g/mol. The van der Waals surface area contributed by atoms with Crippen molar-refractivity contribution >= 4 is 45.2 Å². The fourth-order valence-electron chi connectivity index (χ4n) is 3.36. The summed E-state index contributed by atoms with van der Waals surface area (Å²) in [4.78, 5) is 25.4. The van der Waals surface area contributed by atoms with Gasteiger partial charge in [-0.2, -0.15) is 0 Å². The Morgan fingerprint density at radius 2 is 1.91 bits per heavy atom. The standard InChI is InChI=1S/C25H28BrN5O2S/c1-5-13-31-23(22(16(2)3)28-24(33)18-9-7-6-8-10-18)29-30-25(31)34-15-21(32)27-20-12-11-19(26)14-17(20)4/h5-12,14,16,22H,1,13,15H2,2-4H3,(H,27,32)(H,28,33)/t22-/m0/s1. The maximum atomic E-state index is 12.8. The summed E-state index contributed by atoms with van der Waals surface area (Å²) < 4.78 is 2.85. The third-order valence-electron chi connectivity index (χ3n) is 5.12. The van der Waals surface area contributed by atoms with Gasteiger partial charge in [0.2, 0.25) is 5.91 Å². The Kier molecular flexibility index (Phi) is 9.06. The lowest BCUT2D eigenvalue weighted by atomic mass is 10.0. The molecule has 0 spiro atoms. The third kappa shape index (κ3) is 6.57. The summed E-state index contributed by atoms with van der Waals surface area (Å²) in [5.41, 5.74) is 2.32. The molecule has 7 nitrogen and oxygen atoms in total. The van der Waals surface area contributed by atoms with Crippen LogP contribution in [0.3, 0.4) is 0 Å². The van der Waals surface area contributed by atoms with E-state index in [1.54, 1.807) is 18.2 Å². The van der Waals surface area contributed by atoms with E-state index < -0.39 is 0 Å². The van der Waals surface area contributed by atoms with Crippen molar-refractivity contribution in [3.05, 3.63) is 82.6 Å². The van der Waals surface area contributed by atoms with Gasteiger partial charge in [0.05, 0.1) is 11.8 Å². The van der Waals surface area contributed by atoms with Gasteiger partial charge in [0.25, 0.3) is 5.91 Å². The fraction of sp³-hybridized carbons (Fsp3) is 0.280. The van der Waals surface area contributed by atoms with E-state index in [-0.39, 0.29) is 29.5 Å². The summed E-state index contributed by atoms with van der Waals surface area (Å²) >= 11 is 4.73. The molecule has 0 fully saturated rings. The van der Waals surface area contributed by atoms with E-state index in [9.17, 15) is 9.59 Å². The van der Waals surface area contributed by atoms with Gasteiger partial charge in [-0.3, -0.25) is 9.59 Å². The molecule has 0 aliphatic rings. The Morgan fingerprint density at radius 1 is 1.18 bits per heavy atom. The van der Waals surface area contributed by atoms with Gasteiger partial charge in [0.15, 0.2) is 11.0 Å². The zero-order chi connectivity index (χ0) is 24.7. The Morgan fingerprint density at radius 3 is 2.56 bits per heavy atom. The summed E-state index contributed by atoms with van der Waals surface area (Å²) in [6.45, 7) is 10.3. The summed E-state index contributed by atoms with van der Waals surface area (Å²) in [5, 5.41) is 15.3. The van der Waals surface area contributed by atoms with Crippen molar-refractivity contribution in [1.29, 1.82) is 0 Å². The van der Waals surface area contributed by atoms with Gasteiger partial charge in [0, 0.05) is 22.3 Å². The molecule has 1 atom stereocenters. The zero-order valence-corrected chi connectivity index (χ0v) is 21.8. The van der Waals surface area contributed by atoms with Crippen LogP contribution in [0, 0.1) is 12.8 Å². The number of carbonyl (C=O) groups excluding carboxylic acids is 2. The SMILES string of the molecule is C=CCn1c(SCC(=O)Nc2ccc(Br)cc2C)nnc1[C@@H](NC(=O)c1ccccc1)C(C)C.